The van der Waals surface area contributed by atoms with Crippen molar-refractivity contribution in [2.24, 2.45) is 0 Å². The lowest BCUT2D eigenvalue weighted by molar-refractivity contribution is 0.171. The Morgan fingerprint density at radius 1 is 1.22 bits per heavy atom. The van der Waals surface area contributed by atoms with Crippen LogP contribution in [-0.2, 0) is 0 Å². The van der Waals surface area contributed by atoms with Gasteiger partial charge < -0.3 is 24.6 Å². The lowest BCUT2D eigenvalue weighted by Gasteiger charge is -2.20. The van der Waals surface area contributed by atoms with E-state index in [-0.39, 0.29) is 0 Å². The van der Waals surface area contributed by atoms with Gasteiger partial charge >= 0.3 is 0 Å². The molecule has 0 radical (unpaired) electrons. The van der Waals surface area contributed by atoms with Crippen molar-refractivity contribution in [3.05, 3.63) is 16.1 Å². The Hall–Kier alpha value is -0.980. The lowest BCUT2D eigenvalue weighted by Crippen LogP contribution is -2.18. The van der Waals surface area contributed by atoms with E-state index in [1.165, 1.54) is 14.2 Å². The van der Waals surface area contributed by atoms with E-state index in [1.54, 1.807) is 20.2 Å². The summed E-state index contributed by atoms with van der Waals surface area (Å²) in [5, 5.41) is 13.0. The number of halogens is 1. The molecule has 1 rings (SSSR count). The average molecular weight is 320 g/mol. The molecule has 2 N–H and O–H groups in total. The van der Waals surface area contributed by atoms with Gasteiger partial charge in [-0.25, -0.2) is 0 Å². The van der Waals surface area contributed by atoms with Crippen LogP contribution >= 0.6 is 15.9 Å². The zero-order valence-electron chi connectivity index (χ0n) is 10.9. The summed E-state index contributed by atoms with van der Waals surface area (Å²) in [6.07, 6.45) is -0.709. The summed E-state index contributed by atoms with van der Waals surface area (Å²) in [7, 11) is 6.37. The Labute approximate surface area is 115 Å². The standard InChI is InChI=1S/C12H18BrNO4/c1-14-6-8(15)10-7(13)5-9(16-2)11(17-3)12(10)18-4/h5,8,14-15H,6H2,1-4H3. The number of hydrogen-bond acceptors (Lipinski definition) is 5. The third-order valence-corrected chi connectivity index (χ3v) is 3.20. The molecule has 102 valence electrons. The van der Waals surface area contributed by atoms with E-state index in [9.17, 15) is 5.11 Å². The average Bonchev–Trinajstić information content (AvgIpc) is 2.37. The first-order valence-corrected chi connectivity index (χ1v) is 6.21. The molecule has 0 saturated carbocycles. The normalized spacial score (nSPS) is 12.1. The molecular formula is C12H18BrNO4. The second-order valence-corrected chi connectivity index (χ2v) is 4.47. The molecule has 1 aromatic rings. The number of benzene rings is 1. The third-order valence-electron chi connectivity index (χ3n) is 2.55. The van der Waals surface area contributed by atoms with E-state index < -0.39 is 6.10 Å². The minimum absolute atomic E-state index is 0.407. The predicted molar refractivity (Wildman–Crippen MR) is 72.7 cm³/mol. The molecule has 0 aliphatic heterocycles. The number of rotatable bonds is 6. The molecule has 0 saturated heterocycles. The Bertz CT molecular complexity index is 412. The van der Waals surface area contributed by atoms with Gasteiger partial charge in [0.05, 0.1) is 27.4 Å². The highest BCUT2D eigenvalue weighted by Gasteiger charge is 2.24. The van der Waals surface area contributed by atoms with E-state index in [0.29, 0.717) is 33.8 Å². The number of methoxy groups -OCH3 is 3. The van der Waals surface area contributed by atoms with Crippen LogP contribution in [0.3, 0.4) is 0 Å². The van der Waals surface area contributed by atoms with Gasteiger partial charge in [0.25, 0.3) is 0 Å². The Kier molecular flexibility index (Phi) is 5.71. The van der Waals surface area contributed by atoms with E-state index in [2.05, 4.69) is 21.2 Å². The molecule has 1 atom stereocenters. The summed E-state index contributed by atoms with van der Waals surface area (Å²) >= 11 is 3.41. The number of likely N-dealkylation sites (N-methyl/N-ethyl adjacent to an activating group) is 1. The summed E-state index contributed by atoms with van der Waals surface area (Å²) in [6.45, 7) is 0.407. The minimum atomic E-state index is -0.709. The monoisotopic (exact) mass is 319 g/mol. The van der Waals surface area contributed by atoms with Gasteiger partial charge in [0.1, 0.15) is 0 Å². The molecule has 1 aromatic carbocycles. The fraction of sp³-hybridized carbons (Fsp3) is 0.500. The van der Waals surface area contributed by atoms with Gasteiger partial charge in [-0.1, -0.05) is 15.9 Å². The Morgan fingerprint density at radius 3 is 2.28 bits per heavy atom. The summed E-state index contributed by atoms with van der Waals surface area (Å²) < 4.78 is 16.5. The molecule has 0 bridgehead atoms. The molecule has 0 fully saturated rings. The smallest absolute Gasteiger partial charge is 0.203 e. The highest BCUT2D eigenvalue weighted by Crippen LogP contribution is 2.46. The van der Waals surface area contributed by atoms with Crippen LogP contribution < -0.4 is 19.5 Å². The summed E-state index contributed by atoms with van der Waals surface area (Å²) in [5.74, 6) is 1.47. The van der Waals surface area contributed by atoms with Crippen LogP contribution in [0.1, 0.15) is 11.7 Å². The van der Waals surface area contributed by atoms with E-state index in [1.807, 2.05) is 0 Å². The van der Waals surface area contributed by atoms with Gasteiger partial charge in [0.2, 0.25) is 5.75 Å². The van der Waals surface area contributed by atoms with Crippen molar-refractivity contribution in [2.45, 2.75) is 6.10 Å². The van der Waals surface area contributed by atoms with E-state index in [4.69, 9.17) is 14.2 Å². The fourth-order valence-corrected chi connectivity index (χ4v) is 2.41. The molecule has 0 aliphatic carbocycles. The van der Waals surface area contributed by atoms with Crippen LogP contribution in [0.25, 0.3) is 0 Å². The predicted octanol–water partition coefficient (Wildman–Crippen LogP) is 1.73. The molecule has 0 aromatic heterocycles. The summed E-state index contributed by atoms with van der Waals surface area (Å²) in [6, 6.07) is 1.75. The van der Waals surface area contributed by atoms with Gasteiger partial charge in [0, 0.05) is 16.6 Å². The molecule has 0 spiro atoms. The van der Waals surface area contributed by atoms with Crippen LogP contribution in [0.5, 0.6) is 17.2 Å². The summed E-state index contributed by atoms with van der Waals surface area (Å²) in [4.78, 5) is 0. The molecule has 0 heterocycles. The Morgan fingerprint density at radius 2 is 1.83 bits per heavy atom. The maximum Gasteiger partial charge on any atom is 0.203 e. The van der Waals surface area contributed by atoms with Crippen molar-refractivity contribution in [2.75, 3.05) is 34.9 Å². The van der Waals surface area contributed by atoms with Crippen LogP contribution in [0, 0.1) is 0 Å². The molecule has 0 amide bonds. The van der Waals surface area contributed by atoms with E-state index >= 15 is 0 Å². The SMILES string of the molecule is CNCC(O)c1c(Br)cc(OC)c(OC)c1OC. The number of aliphatic hydroxyl groups is 1. The van der Waals surface area contributed by atoms with Gasteiger partial charge in [-0.3, -0.25) is 0 Å². The molecule has 6 heteroatoms. The first-order valence-electron chi connectivity index (χ1n) is 5.41. The van der Waals surface area contributed by atoms with Crippen molar-refractivity contribution in [1.82, 2.24) is 5.32 Å². The Balaban J connectivity index is 3.40. The van der Waals surface area contributed by atoms with Crippen molar-refractivity contribution < 1.29 is 19.3 Å². The van der Waals surface area contributed by atoms with E-state index in [0.717, 1.165) is 0 Å². The summed E-state index contributed by atoms with van der Waals surface area (Å²) in [5.41, 5.74) is 0.629. The van der Waals surface area contributed by atoms with Crippen molar-refractivity contribution in [3.63, 3.8) is 0 Å². The molecular weight excluding hydrogens is 302 g/mol. The first-order chi connectivity index (χ1) is 8.60. The second-order valence-electron chi connectivity index (χ2n) is 3.61. The number of hydrogen-bond donors (Lipinski definition) is 2. The third kappa shape index (κ3) is 2.88. The largest absolute Gasteiger partial charge is 0.493 e. The first kappa shape index (κ1) is 15.1. The van der Waals surface area contributed by atoms with Gasteiger partial charge in [-0.2, -0.15) is 0 Å². The van der Waals surface area contributed by atoms with Gasteiger partial charge in [-0.15, -0.1) is 0 Å². The quantitative estimate of drug-likeness (QED) is 0.836. The molecule has 18 heavy (non-hydrogen) atoms. The van der Waals surface area contributed by atoms with Crippen LogP contribution in [-0.4, -0.2) is 40.0 Å². The second kappa shape index (κ2) is 6.82. The van der Waals surface area contributed by atoms with Crippen LogP contribution in [0.4, 0.5) is 0 Å². The number of aliphatic hydroxyl groups excluding tert-OH is 1. The number of nitrogens with one attached hydrogen (secondary N) is 1. The van der Waals surface area contributed by atoms with Crippen LogP contribution in [0.15, 0.2) is 10.5 Å². The fourth-order valence-electron chi connectivity index (χ4n) is 1.75. The van der Waals surface area contributed by atoms with Crippen molar-refractivity contribution >= 4 is 15.9 Å². The minimum Gasteiger partial charge on any atom is -0.493 e. The number of ether oxygens (including phenoxy) is 3. The van der Waals surface area contributed by atoms with Crippen LogP contribution in [0.2, 0.25) is 0 Å². The maximum atomic E-state index is 10.1. The zero-order chi connectivity index (χ0) is 13.7. The zero-order valence-corrected chi connectivity index (χ0v) is 12.5. The molecule has 1 unspecified atom stereocenters. The van der Waals surface area contributed by atoms with Gasteiger partial charge in [0.15, 0.2) is 11.5 Å². The highest BCUT2D eigenvalue weighted by molar-refractivity contribution is 9.10. The lowest BCUT2D eigenvalue weighted by atomic mass is 10.1. The van der Waals surface area contributed by atoms with Gasteiger partial charge in [-0.05, 0) is 13.1 Å². The highest BCUT2D eigenvalue weighted by atomic mass is 79.9. The maximum absolute atomic E-state index is 10.1. The molecule has 0 aliphatic rings. The van der Waals surface area contributed by atoms with Crippen molar-refractivity contribution in [1.29, 1.82) is 0 Å². The van der Waals surface area contributed by atoms with Crippen molar-refractivity contribution in [3.8, 4) is 17.2 Å². The topological polar surface area (TPSA) is 60.0 Å². The molecule has 5 nitrogen and oxygen atoms in total.